The number of aryl methyl sites for hydroxylation is 1. The lowest BCUT2D eigenvalue weighted by Gasteiger charge is -2.11. The molecule has 1 atom stereocenters. The highest BCUT2D eigenvalue weighted by atomic mass is 32.2. The predicted octanol–water partition coefficient (Wildman–Crippen LogP) is -1.65. The third kappa shape index (κ3) is 2.16. The molecule has 1 aliphatic rings. The minimum absolute atomic E-state index is 0.150. The van der Waals surface area contributed by atoms with Crippen LogP contribution in [0, 0.1) is 6.92 Å². The molecule has 0 bridgehead atoms. The zero-order chi connectivity index (χ0) is 15.2. The molecule has 2 amide bonds. The summed E-state index contributed by atoms with van der Waals surface area (Å²) in [4.78, 5) is 23.8. The lowest BCUT2D eigenvalue weighted by atomic mass is 10.3. The topological polar surface area (TPSA) is 127 Å². The Morgan fingerprint density at radius 2 is 1.95 bits per heavy atom. The first-order chi connectivity index (χ1) is 9.15. The van der Waals surface area contributed by atoms with Crippen LogP contribution in [0.5, 0.6) is 0 Å². The molecule has 110 valence electrons. The van der Waals surface area contributed by atoms with E-state index in [1.165, 1.54) is 11.7 Å². The van der Waals surface area contributed by atoms with E-state index < -0.39 is 27.9 Å². The Kier molecular flexibility index (Phi) is 3.30. The number of likely N-dealkylation sites (tertiary alicyclic amines) is 1. The van der Waals surface area contributed by atoms with Gasteiger partial charge in [-0.1, -0.05) is 0 Å². The fourth-order valence-corrected chi connectivity index (χ4v) is 3.55. The van der Waals surface area contributed by atoms with Crippen LogP contribution in [-0.4, -0.2) is 48.0 Å². The van der Waals surface area contributed by atoms with Crippen LogP contribution in [0.1, 0.15) is 12.1 Å². The largest absolute Gasteiger partial charge is 0.381 e. The monoisotopic (exact) mass is 301 g/mol. The molecule has 10 heteroatoms. The lowest BCUT2D eigenvalue weighted by molar-refractivity contribution is -0.137. The van der Waals surface area contributed by atoms with E-state index in [1.54, 1.807) is 14.0 Å². The van der Waals surface area contributed by atoms with E-state index in [1.807, 2.05) is 0 Å². The number of hydrogen-bond acceptors (Lipinski definition) is 6. The fourth-order valence-electron chi connectivity index (χ4n) is 2.04. The highest BCUT2D eigenvalue weighted by Gasteiger charge is 2.39. The van der Waals surface area contributed by atoms with Crippen LogP contribution in [0.3, 0.4) is 0 Å². The zero-order valence-electron chi connectivity index (χ0n) is 11.2. The van der Waals surface area contributed by atoms with Gasteiger partial charge in [-0.2, -0.15) is 9.82 Å². The van der Waals surface area contributed by atoms with Crippen molar-refractivity contribution in [3.8, 4) is 0 Å². The first kappa shape index (κ1) is 14.5. The molecule has 1 aromatic rings. The van der Waals surface area contributed by atoms with Gasteiger partial charge in [0, 0.05) is 14.1 Å². The maximum Gasteiger partial charge on any atom is 0.247 e. The second-order valence-electron chi connectivity index (χ2n) is 4.59. The maximum atomic E-state index is 12.3. The van der Waals surface area contributed by atoms with Crippen LogP contribution in [0.25, 0.3) is 0 Å². The van der Waals surface area contributed by atoms with Gasteiger partial charge in [0.2, 0.25) is 21.8 Å². The molecule has 9 nitrogen and oxygen atoms in total. The van der Waals surface area contributed by atoms with E-state index >= 15 is 0 Å². The number of nitrogen functional groups attached to an aromatic ring is 1. The zero-order valence-corrected chi connectivity index (χ0v) is 12.1. The second-order valence-corrected chi connectivity index (χ2v) is 6.24. The van der Waals surface area contributed by atoms with Crippen LogP contribution >= 0.6 is 0 Å². The average molecular weight is 301 g/mol. The van der Waals surface area contributed by atoms with Crippen molar-refractivity contribution in [2.45, 2.75) is 24.3 Å². The van der Waals surface area contributed by atoms with E-state index in [0.717, 1.165) is 4.90 Å². The van der Waals surface area contributed by atoms with Crippen molar-refractivity contribution >= 4 is 27.7 Å². The van der Waals surface area contributed by atoms with Gasteiger partial charge in [0.05, 0.1) is 12.1 Å². The van der Waals surface area contributed by atoms with Crippen LogP contribution in [-0.2, 0) is 26.7 Å². The van der Waals surface area contributed by atoms with Gasteiger partial charge < -0.3 is 5.73 Å². The second kappa shape index (κ2) is 4.56. The number of nitrogens with one attached hydrogen (secondary N) is 1. The summed E-state index contributed by atoms with van der Waals surface area (Å²) in [5, 5.41) is 3.81. The number of carbonyl (C=O) groups is 2. The third-order valence-corrected chi connectivity index (χ3v) is 4.89. The van der Waals surface area contributed by atoms with Crippen molar-refractivity contribution in [1.82, 2.24) is 19.4 Å². The van der Waals surface area contributed by atoms with Gasteiger partial charge in [-0.05, 0) is 6.92 Å². The molecule has 2 heterocycles. The Hall–Kier alpha value is -1.94. The molecule has 3 N–H and O–H groups in total. The van der Waals surface area contributed by atoms with Crippen LogP contribution < -0.4 is 10.5 Å². The number of nitrogens with zero attached hydrogens (tertiary/aromatic N) is 3. The first-order valence-corrected chi connectivity index (χ1v) is 7.25. The van der Waals surface area contributed by atoms with E-state index in [0.29, 0.717) is 5.69 Å². The molecule has 1 fully saturated rings. The van der Waals surface area contributed by atoms with Crippen molar-refractivity contribution in [3.63, 3.8) is 0 Å². The van der Waals surface area contributed by atoms with Crippen molar-refractivity contribution in [3.05, 3.63) is 5.69 Å². The molecule has 0 spiro atoms. The summed E-state index contributed by atoms with van der Waals surface area (Å²) in [5.74, 6) is -1.17. The number of hydrogen-bond donors (Lipinski definition) is 2. The third-order valence-electron chi connectivity index (χ3n) is 3.25. The summed E-state index contributed by atoms with van der Waals surface area (Å²) in [7, 11) is -1.16. The highest BCUT2D eigenvalue weighted by Crippen LogP contribution is 2.22. The Bertz CT molecular complexity index is 693. The molecule has 1 aliphatic heterocycles. The SMILES string of the molecule is Cc1c(S(=O)(=O)NC2CC(=O)N(C)C2=O)c(N)nn1C. The van der Waals surface area contributed by atoms with Gasteiger partial charge in [-0.25, -0.2) is 8.42 Å². The predicted molar refractivity (Wildman–Crippen MR) is 68.9 cm³/mol. The standard InChI is InChI=1S/C10H15N5O4S/c1-5-8(9(11)12-15(5)3)20(18,19)13-6-4-7(16)14(2)10(6)17/h6,13H,4H2,1-3H3,(H2,11,12). The van der Waals surface area contributed by atoms with E-state index in [-0.39, 0.29) is 17.1 Å². The van der Waals surface area contributed by atoms with Crippen LogP contribution in [0.15, 0.2) is 4.90 Å². The number of likely N-dealkylation sites (N-methyl/N-ethyl adjacent to an activating group) is 1. The van der Waals surface area contributed by atoms with E-state index in [4.69, 9.17) is 5.73 Å². The molecule has 0 radical (unpaired) electrons. The fraction of sp³-hybridized carbons (Fsp3) is 0.500. The Labute approximate surface area is 115 Å². The maximum absolute atomic E-state index is 12.3. The number of anilines is 1. The molecule has 20 heavy (non-hydrogen) atoms. The number of carbonyl (C=O) groups excluding carboxylic acids is 2. The van der Waals surface area contributed by atoms with Gasteiger partial charge in [0.15, 0.2) is 5.82 Å². The lowest BCUT2D eigenvalue weighted by Crippen LogP contribution is -2.40. The molecule has 2 rings (SSSR count). The van der Waals surface area contributed by atoms with Gasteiger partial charge in [0.1, 0.15) is 10.9 Å². The van der Waals surface area contributed by atoms with Crippen molar-refractivity contribution in [2.24, 2.45) is 7.05 Å². The number of sulfonamides is 1. The molecule has 1 aromatic heterocycles. The molecule has 0 aliphatic carbocycles. The van der Waals surface area contributed by atoms with Gasteiger partial charge in [-0.3, -0.25) is 19.2 Å². The van der Waals surface area contributed by atoms with Gasteiger partial charge in [0.25, 0.3) is 0 Å². The van der Waals surface area contributed by atoms with Gasteiger partial charge in [-0.15, -0.1) is 0 Å². The quantitative estimate of drug-likeness (QED) is 0.644. The summed E-state index contributed by atoms with van der Waals surface area (Å²) >= 11 is 0. The Balaban J connectivity index is 2.34. The summed E-state index contributed by atoms with van der Waals surface area (Å²) in [5.41, 5.74) is 5.93. The summed E-state index contributed by atoms with van der Waals surface area (Å²) in [6.07, 6.45) is -0.201. The summed E-state index contributed by atoms with van der Waals surface area (Å²) in [6.45, 7) is 1.55. The number of aromatic nitrogens is 2. The molecule has 1 saturated heterocycles. The smallest absolute Gasteiger partial charge is 0.247 e. The Morgan fingerprint density at radius 3 is 2.35 bits per heavy atom. The highest BCUT2D eigenvalue weighted by molar-refractivity contribution is 7.89. The van der Waals surface area contributed by atoms with E-state index in [2.05, 4.69) is 9.82 Å². The molecular weight excluding hydrogens is 286 g/mol. The first-order valence-electron chi connectivity index (χ1n) is 5.77. The van der Waals surface area contributed by atoms with Crippen LogP contribution in [0.4, 0.5) is 5.82 Å². The molecule has 0 saturated carbocycles. The average Bonchev–Trinajstić information content (AvgIpc) is 2.71. The number of rotatable bonds is 3. The normalized spacial score (nSPS) is 19.9. The molecule has 0 aromatic carbocycles. The molecular formula is C10H15N5O4S. The number of nitrogens with two attached hydrogens (primary N) is 1. The summed E-state index contributed by atoms with van der Waals surface area (Å²) in [6, 6.07) is -1.10. The minimum Gasteiger partial charge on any atom is -0.381 e. The van der Waals surface area contributed by atoms with Crippen LogP contribution in [0.2, 0.25) is 0 Å². The summed E-state index contributed by atoms with van der Waals surface area (Å²) < 4.78 is 28.1. The minimum atomic E-state index is -4.02. The molecule has 1 unspecified atom stereocenters. The number of imide groups is 1. The van der Waals surface area contributed by atoms with Crippen molar-refractivity contribution in [2.75, 3.05) is 12.8 Å². The Morgan fingerprint density at radius 1 is 1.35 bits per heavy atom. The van der Waals surface area contributed by atoms with Crippen molar-refractivity contribution < 1.29 is 18.0 Å². The van der Waals surface area contributed by atoms with Crippen molar-refractivity contribution in [1.29, 1.82) is 0 Å². The van der Waals surface area contributed by atoms with Gasteiger partial charge >= 0.3 is 0 Å². The number of amides is 2. The van der Waals surface area contributed by atoms with E-state index in [9.17, 15) is 18.0 Å².